The Morgan fingerprint density at radius 1 is 1.03 bits per heavy atom. The molecule has 1 amide bonds. The van der Waals surface area contributed by atoms with Gasteiger partial charge in [0.2, 0.25) is 0 Å². The molecule has 180 valence electrons. The van der Waals surface area contributed by atoms with Gasteiger partial charge in [-0.15, -0.1) is 0 Å². The predicted molar refractivity (Wildman–Crippen MR) is 120 cm³/mol. The number of carbonyl (C=O) groups is 2. The molecule has 2 aromatic carbocycles. The molecule has 2 aromatic rings. The van der Waals surface area contributed by atoms with E-state index in [9.17, 15) is 14.7 Å². The van der Waals surface area contributed by atoms with Crippen LogP contribution in [0.1, 0.15) is 31.9 Å². The number of methoxy groups -OCH3 is 2. The van der Waals surface area contributed by atoms with Gasteiger partial charge in [0, 0.05) is 24.1 Å². The summed E-state index contributed by atoms with van der Waals surface area (Å²) in [6, 6.07) is 10.4. The molecule has 0 aliphatic rings. The molecule has 33 heavy (non-hydrogen) atoms. The summed E-state index contributed by atoms with van der Waals surface area (Å²) < 4.78 is 27.0. The second-order valence-corrected chi connectivity index (χ2v) is 7.45. The van der Waals surface area contributed by atoms with Gasteiger partial charge in [0.05, 0.1) is 26.9 Å². The summed E-state index contributed by atoms with van der Waals surface area (Å²) in [7, 11) is 3.05. The molecule has 9 nitrogen and oxygen atoms in total. The Kier molecular flexibility index (Phi) is 9.96. The van der Waals surface area contributed by atoms with E-state index in [0.29, 0.717) is 35.1 Å². The number of nitrogens with two attached hydrogens (primary N) is 1. The van der Waals surface area contributed by atoms with Gasteiger partial charge in [0.1, 0.15) is 18.1 Å². The van der Waals surface area contributed by atoms with E-state index in [1.807, 2.05) is 6.92 Å². The molecule has 9 heteroatoms. The van der Waals surface area contributed by atoms with E-state index < -0.39 is 18.2 Å². The number of rotatable bonds is 12. The number of amides is 1. The molecule has 1 unspecified atom stereocenters. The smallest absolute Gasteiger partial charge is 0.497 e. The first-order valence-corrected chi connectivity index (χ1v) is 10.6. The number of quaternary nitrogens is 1. The average Bonchev–Trinajstić information content (AvgIpc) is 2.78. The zero-order chi connectivity index (χ0) is 24.4. The Balaban J connectivity index is 2.12. The van der Waals surface area contributed by atoms with Gasteiger partial charge in [0.15, 0.2) is 17.5 Å². The van der Waals surface area contributed by atoms with Crippen LogP contribution in [0.5, 0.6) is 17.2 Å². The van der Waals surface area contributed by atoms with E-state index in [2.05, 4.69) is 0 Å². The predicted octanol–water partition coefficient (Wildman–Crippen LogP) is 3.05. The lowest BCUT2D eigenvalue weighted by atomic mass is 10.0. The number of aliphatic carboxylic acids is 1. The van der Waals surface area contributed by atoms with Crippen molar-refractivity contribution in [2.75, 3.05) is 20.8 Å². The molecule has 1 atom stereocenters. The number of carboxylic acids is 1. The fourth-order valence-corrected chi connectivity index (χ4v) is 3.16. The number of hydrogen-bond acceptors (Lipinski definition) is 7. The van der Waals surface area contributed by atoms with Crippen LogP contribution in [0.4, 0.5) is 10.5 Å². The molecule has 0 spiro atoms. The molecule has 0 bridgehead atoms. The van der Waals surface area contributed by atoms with Crippen LogP contribution in [0.3, 0.4) is 0 Å². The fourth-order valence-electron chi connectivity index (χ4n) is 3.16. The van der Waals surface area contributed by atoms with E-state index in [-0.39, 0.29) is 19.1 Å². The number of primary amides is 1. The highest BCUT2D eigenvalue weighted by molar-refractivity contribution is 5.72. The van der Waals surface area contributed by atoms with Crippen LogP contribution in [0, 0.1) is 0 Å². The molecule has 3 N–H and O–H groups in total. The quantitative estimate of drug-likeness (QED) is 0.462. The number of ether oxygens (including phenoxy) is 5. The lowest BCUT2D eigenvalue weighted by molar-refractivity contribution is -0.484. The molecule has 0 saturated carbocycles. The van der Waals surface area contributed by atoms with E-state index in [1.165, 1.54) is 12.4 Å². The van der Waals surface area contributed by atoms with Crippen molar-refractivity contribution in [3.8, 4) is 17.2 Å². The number of benzene rings is 2. The second kappa shape index (κ2) is 12.7. The summed E-state index contributed by atoms with van der Waals surface area (Å²) in [6.07, 6.45) is -1.58. The summed E-state index contributed by atoms with van der Waals surface area (Å²) in [4.78, 5) is 24.0. The zero-order valence-electron chi connectivity index (χ0n) is 19.6. The van der Waals surface area contributed by atoms with Crippen LogP contribution in [-0.4, -0.2) is 50.2 Å². The van der Waals surface area contributed by atoms with Gasteiger partial charge in [-0.1, -0.05) is 6.07 Å². The Morgan fingerprint density at radius 3 is 2.39 bits per heavy atom. The summed E-state index contributed by atoms with van der Waals surface area (Å²) in [5, 5.41) is 10.8. The van der Waals surface area contributed by atoms with Gasteiger partial charge >= 0.3 is 12.1 Å². The first-order chi connectivity index (χ1) is 15.8. The lowest BCUT2D eigenvalue weighted by Gasteiger charge is -2.18. The third-order valence-electron chi connectivity index (χ3n) is 4.64. The van der Waals surface area contributed by atoms with Crippen molar-refractivity contribution in [3.05, 3.63) is 47.5 Å². The third kappa shape index (κ3) is 7.96. The third-order valence-corrected chi connectivity index (χ3v) is 4.64. The minimum absolute atomic E-state index is 0.0419. The van der Waals surface area contributed by atoms with E-state index in [1.54, 1.807) is 57.4 Å². The molecular formula is C24H32NO8+. The molecule has 0 radical (unpaired) electrons. The van der Waals surface area contributed by atoms with Gasteiger partial charge in [-0.3, -0.25) is 0 Å². The van der Waals surface area contributed by atoms with Gasteiger partial charge in [-0.25, -0.2) is 10.1 Å². The minimum Gasteiger partial charge on any atom is -0.497 e. The van der Waals surface area contributed by atoms with Crippen LogP contribution in [-0.2, 0) is 27.3 Å². The van der Waals surface area contributed by atoms with Crippen molar-refractivity contribution >= 4 is 17.7 Å². The maximum Gasteiger partial charge on any atom is 0.518 e. The molecular weight excluding hydrogens is 430 g/mol. The van der Waals surface area contributed by atoms with Crippen LogP contribution in [0.25, 0.3) is 0 Å². The van der Waals surface area contributed by atoms with Crippen LogP contribution < -0.4 is 19.5 Å². The molecule has 0 heterocycles. The molecule has 2 rings (SSSR count). The topological polar surface area (TPSA) is 117 Å². The van der Waals surface area contributed by atoms with Crippen molar-refractivity contribution < 1.29 is 43.7 Å². The number of carboxylic acid groups (broad SMARTS) is 1. The number of hydrogen-bond donors (Lipinski definition) is 2. The summed E-state index contributed by atoms with van der Waals surface area (Å²) in [5.41, 5.74) is 1.92. The molecule has 0 fully saturated rings. The Morgan fingerprint density at radius 2 is 1.79 bits per heavy atom. The summed E-state index contributed by atoms with van der Waals surface area (Å²) in [5.74, 6) is 0.617. The molecule has 0 saturated heterocycles. The second-order valence-electron chi connectivity index (χ2n) is 7.45. The Bertz CT molecular complexity index is 944. The van der Waals surface area contributed by atoms with Gasteiger partial charge in [-0.2, -0.15) is 4.79 Å². The monoisotopic (exact) mass is 462 g/mol. The maximum absolute atomic E-state index is 12.4. The standard InChI is InChI=1S/C24H31NO8/c1-6-31-20-10-7-16(12-22(23(26)27)33-15(2)3)11-17(20)14-32-24(28)25-19-9-8-18(29-4)13-21(19)30-5/h7-11,13,15,22H,6,12,14H2,1-5H3,(H,25,28)(H,26,27)/p+1. The molecule has 0 aromatic heterocycles. The van der Waals surface area contributed by atoms with Gasteiger partial charge in [-0.05, 0) is 44.5 Å². The fraction of sp³-hybridized carbons (Fsp3) is 0.417. The highest BCUT2D eigenvalue weighted by Crippen LogP contribution is 2.26. The van der Waals surface area contributed by atoms with Crippen LogP contribution in [0.2, 0.25) is 0 Å². The largest absolute Gasteiger partial charge is 0.518 e. The van der Waals surface area contributed by atoms with Crippen LogP contribution in [0.15, 0.2) is 36.4 Å². The van der Waals surface area contributed by atoms with Gasteiger partial charge < -0.3 is 28.8 Å². The minimum atomic E-state index is -1.03. The van der Waals surface area contributed by atoms with Crippen molar-refractivity contribution in [3.63, 3.8) is 0 Å². The molecule has 0 aliphatic heterocycles. The number of carbonyl (C=O) groups excluding carboxylic acids is 1. The SMILES string of the molecule is CCOc1ccc(CC(OC(C)C)C(=O)O)cc1COC(=O)[NH2+]c1ccc(OC)cc1OC. The zero-order valence-corrected chi connectivity index (χ0v) is 19.6. The van der Waals surface area contributed by atoms with Crippen molar-refractivity contribution in [1.82, 2.24) is 0 Å². The highest BCUT2D eigenvalue weighted by Gasteiger charge is 2.21. The Hall–Kier alpha value is -3.30. The lowest BCUT2D eigenvalue weighted by Crippen LogP contribution is -2.82. The van der Waals surface area contributed by atoms with E-state index in [4.69, 9.17) is 23.7 Å². The Labute approximate surface area is 193 Å². The molecule has 0 aliphatic carbocycles. The first kappa shape index (κ1) is 26.0. The summed E-state index contributed by atoms with van der Waals surface area (Å²) >= 11 is 0. The summed E-state index contributed by atoms with van der Waals surface area (Å²) in [6.45, 7) is 5.81. The maximum atomic E-state index is 12.4. The van der Waals surface area contributed by atoms with Crippen LogP contribution >= 0.6 is 0 Å². The average molecular weight is 463 g/mol. The van der Waals surface area contributed by atoms with Crippen molar-refractivity contribution in [2.24, 2.45) is 0 Å². The van der Waals surface area contributed by atoms with Gasteiger partial charge in [0.25, 0.3) is 0 Å². The normalized spacial score (nSPS) is 11.7. The van der Waals surface area contributed by atoms with Crippen molar-refractivity contribution in [2.45, 2.75) is 46.0 Å². The first-order valence-electron chi connectivity index (χ1n) is 10.6. The highest BCUT2D eigenvalue weighted by atomic mass is 16.6. The van der Waals surface area contributed by atoms with E-state index >= 15 is 0 Å². The van der Waals surface area contributed by atoms with E-state index in [0.717, 1.165) is 5.56 Å². The van der Waals surface area contributed by atoms with Crippen molar-refractivity contribution in [1.29, 1.82) is 0 Å².